The lowest BCUT2D eigenvalue weighted by Crippen LogP contribution is -2.48. The van der Waals surface area contributed by atoms with Gasteiger partial charge in [0.1, 0.15) is 0 Å². The standard InChI is InChI=1S/C24H37N3O2/c1-4-26-21-10-5-6-11-22(21)27(23(26)29)20-12-14-25(15-18(20)17-28)16-19-9-7-8-13-24(19,2)3/h5-6,10-11,18-20,28H,4,7-9,12-17H2,1-3H3/t18-,19?,20+/m0/s1. The van der Waals surface area contributed by atoms with Crippen LogP contribution < -0.4 is 5.69 Å². The zero-order valence-corrected chi connectivity index (χ0v) is 18.3. The van der Waals surface area contributed by atoms with E-state index in [1.54, 1.807) is 0 Å². The van der Waals surface area contributed by atoms with Gasteiger partial charge in [0, 0.05) is 44.7 Å². The van der Waals surface area contributed by atoms with Crippen molar-refractivity contribution in [3.8, 4) is 0 Å². The number of hydrogen-bond donors (Lipinski definition) is 1. The molecular weight excluding hydrogens is 362 g/mol. The van der Waals surface area contributed by atoms with Crippen molar-refractivity contribution in [2.45, 2.75) is 65.5 Å². The third kappa shape index (κ3) is 3.79. The highest BCUT2D eigenvalue weighted by molar-refractivity contribution is 5.76. The molecule has 160 valence electrons. The van der Waals surface area contributed by atoms with Gasteiger partial charge in [-0.25, -0.2) is 4.79 Å². The number of aliphatic hydroxyl groups is 1. The number of aromatic nitrogens is 2. The van der Waals surface area contributed by atoms with Crippen molar-refractivity contribution < 1.29 is 5.11 Å². The zero-order chi connectivity index (χ0) is 20.6. The van der Waals surface area contributed by atoms with Gasteiger partial charge < -0.3 is 10.0 Å². The maximum absolute atomic E-state index is 13.2. The highest BCUT2D eigenvalue weighted by Crippen LogP contribution is 2.41. The van der Waals surface area contributed by atoms with Crippen LogP contribution in [-0.2, 0) is 6.54 Å². The molecule has 0 bridgehead atoms. The molecule has 1 saturated carbocycles. The van der Waals surface area contributed by atoms with Crippen LogP contribution in [0.15, 0.2) is 29.1 Å². The summed E-state index contributed by atoms with van der Waals surface area (Å²) in [5.41, 5.74) is 2.49. The average molecular weight is 400 g/mol. The maximum Gasteiger partial charge on any atom is 0.329 e. The third-order valence-electron chi connectivity index (χ3n) is 7.74. The molecule has 1 saturated heterocycles. The molecule has 1 aliphatic heterocycles. The lowest BCUT2D eigenvalue weighted by molar-refractivity contribution is 0.0352. The molecule has 1 aromatic heterocycles. The molecule has 1 aliphatic carbocycles. The first-order valence-corrected chi connectivity index (χ1v) is 11.5. The SMILES string of the molecule is CCn1c(=O)n([C@@H]2CCN(CC3CCCCC3(C)C)C[C@H]2CO)c2ccccc21. The highest BCUT2D eigenvalue weighted by Gasteiger charge is 2.37. The van der Waals surface area contributed by atoms with E-state index in [9.17, 15) is 9.90 Å². The quantitative estimate of drug-likeness (QED) is 0.830. The van der Waals surface area contributed by atoms with Gasteiger partial charge in [0.05, 0.1) is 11.0 Å². The van der Waals surface area contributed by atoms with Gasteiger partial charge in [-0.2, -0.15) is 0 Å². The first kappa shape index (κ1) is 20.7. The van der Waals surface area contributed by atoms with E-state index in [1.807, 2.05) is 40.3 Å². The van der Waals surface area contributed by atoms with Crippen molar-refractivity contribution in [2.24, 2.45) is 17.3 Å². The monoisotopic (exact) mass is 399 g/mol. The number of piperidine rings is 1. The molecule has 2 fully saturated rings. The van der Waals surface area contributed by atoms with Gasteiger partial charge in [0.2, 0.25) is 0 Å². The van der Waals surface area contributed by atoms with E-state index in [1.165, 1.54) is 25.7 Å². The minimum atomic E-state index is 0.0685. The number of rotatable bonds is 5. The molecule has 1 N–H and O–H groups in total. The third-order valence-corrected chi connectivity index (χ3v) is 7.74. The van der Waals surface area contributed by atoms with E-state index < -0.39 is 0 Å². The normalized spacial score (nSPS) is 28.1. The van der Waals surface area contributed by atoms with E-state index in [-0.39, 0.29) is 24.3 Å². The maximum atomic E-state index is 13.2. The minimum absolute atomic E-state index is 0.0685. The van der Waals surface area contributed by atoms with E-state index in [4.69, 9.17) is 0 Å². The molecule has 1 unspecified atom stereocenters. The van der Waals surface area contributed by atoms with Crippen LogP contribution in [0, 0.1) is 17.3 Å². The van der Waals surface area contributed by atoms with E-state index in [0.717, 1.165) is 43.0 Å². The Bertz CT molecular complexity index is 897. The van der Waals surface area contributed by atoms with Crippen LogP contribution in [0.1, 0.15) is 58.9 Å². The van der Waals surface area contributed by atoms with Crippen molar-refractivity contribution in [3.05, 3.63) is 34.7 Å². The van der Waals surface area contributed by atoms with Crippen LogP contribution in [0.4, 0.5) is 0 Å². The first-order valence-electron chi connectivity index (χ1n) is 11.5. The van der Waals surface area contributed by atoms with Gasteiger partial charge in [-0.3, -0.25) is 9.13 Å². The van der Waals surface area contributed by atoms with Crippen molar-refractivity contribution in [1.29, 1.82) is 0 Å². The van der Waals surface area contributed by atoms with Crippen LogP contribution in [-0.4, -0.2) is 45.4 Å². The Morgan fingerprint density at radius 1 is 1.14 bits per heavy atom. The molecule has 4 rings (SSSR count). The highest BCUT2D eigenvalue weighted by atomic mass is 16.3. The topological polar surface area (TPSA) is 50.4 Å². The summed E-state index contributed by atoms with van der Waals surface area (Å²) in [5, 5.41) is 10.2. The molecule has 1 aromatic carbocycles. The number of aliphatic hydroxyl groups excluding tert-OH is 1. The molecule has 3 atom stereocenters. The van der Waals surface area contributed by atoms with Gasteiger partial charge in [0.15, 0.2) is 0 Å². The Labute approximate surface area is 174 Å². The van der Waals surface area contributed by atoms with Gasteiger partial charge in [-0.15, -0.1) is 0 Å². The number of likely N-dealkylation sites (tertiary alicyclic amines) is 1. The second-order valence-electron chi connectivity index (χ2n) is 9.88. The van der Waals surface area contributed by atoms with Gasteiger partial charge in [-0.1, -0.05) is 38.8 Å². The summed E-state index contributed by atoms with van der Waals surface area (Å²) in [6, 6.07) is 8.16. The second kappa shape index (κ2) is 8.27. The molecule has 5 nitrogen and oxygen atoms in total. The van der Waals surface area contributed by atoms with E-state index >= 15 is 0 Å². The van der Waals surface area contributed by atoms with Gasteiger partial charge in [0.25, 0.3) is 0 Å². The fourth-order valence-corrected chi connectivity index (χ4v) is 5.85. The fourth-order valence-electron chi connectivity index (χ4n) is 5.85. The van der Waals surface area contributed by atoms with Crippen LogP contribution >= 0.6 is 0 Å². The molecule has 5 heteroatoms. The number of para-hydroxylation sites is 2. The smallest absolute Gasteiger partial charge is 0.329 e. The van der Waals surface area contributed by atoms with Crippen LogP contribution in [0.3, 0.4) is 0 Å². The first-order chi connectivity index (χ1) is 14.0. The Morgan fingerprint density at radius 3 is 2.59 bits per heavy atom. The number of fused-ring (bicyclic) bond motifs is 1. The summed E-state index contributed by atoms with van der Waals surface area (Å²) in [7, 11) is 0. The van der Waals surface area contributed by atoms with Gasteiger partial charge in [-0.05, 0) is 49.7 Å². The van der Waals surface area contributed by atoms with E-state index in [2.05, 4.69) is 18.7 Å². The number of imidazole rings is 1. The summed E-state index contributed by atoms with van der Waals surface area (Å²) in [5.74, 6) is 0.834. The molecule has 0 amide bonds. The Morgan fingerprint density at radius 2 is 1.90 bits per heavy atom. The predicted octanol–water partition coefficient (Wildman–Crippen LogP) is 3.89. The van der Waals surface area contributed by atoms with Crippen molar-refractivity contribution >= 4 is 11.0 Å². The molecular formula is C24H37N3O2. The average Bonchev–Trinajstić information content (AvgIpc) is 3.00. The molecule has 2 heterocycles. The molecule has 0 spiro atoms. The Hall–Kier alpha value is -1.59. The fraction of sp³-hybridized carbons (Fsp3) is 0.708. The van der Waals surface area contributed by atoms with Crippen molar-refractivity contribution in [2.75, 3.05) is 26.2 Å². The van der Waals surface area contributed by atoms with Crippen LogP contribution in [0.2, 0.25) is 0 Å². The minimum Gasteiger partial charge on any atom is -0.396 e. The predicted molar refractivity (Wildman–Crippen MR) is 118 cm³/mol. The Kier molecular flexibility index (Phi) is 5.90. The Balaban J connectivity index is 1.57. The second-order valence-corrected chi connectivity index (χ2v) is 9.88. The van der Waals surface area contributed by atoms with Crippen molar-refractivity contribution in [1.82, 2.24) is 14.0 Å². The number of aryl methyl sites for hydroxylation is 1. The summed E-state index contributed by atoms with van der Waals surface area (Å²) in [4.78, 5) is 15.7. The zero-order valence-electron chi connectivity index (χ0n) is 18.3. The van der Waals surface area contributed by atoms with E-state index in [0.29, 0.717) is 12.0 Å². The summed E-state index contributed by atoms with van der Waals surface area (Å²) >= 11 is 0. The lowest BCUT2D eigenvalue weighted by Gasteiger charge is -2.44. The number of hydrogen-bond acceptors (Lipinski definition) is 3. The summed E-state index contributed by atoms with van der Waals surface area (Å²) in [6.07, 6.45) is 6.27. The molecule has 2 aromatic rings. The summed E-state index contributed by atoms with van der Waals surface area (Å²) in [6.45, 7) is 10.7. The van der Waals surface area contributed by atoms with Crippen LogP contribution in [0.5, 0.6) is 0 Å². The van der Waals surface area contributed by atoms with Crippen LogP contribution in [0.25, 0.3) is 11.0 Å². The number of benzene rings is 1. The summed E-state index contributed by atoms with van der Waals surface area (Å²) < 4.78 is 3.84. The number of nitrogens with zero attached hydrogens (tertiary/aromatic N) is 3. The molecule has 2 aliphatic rings. The lowest BCUT2D eigenvalue weighted by atomic mass is 9.68. The molecule has 29 heavy (non-hydrogen) atoms. The van der Waals surface area contributed by atoms with Crippen molar-refractivity contribution in [3.63, 3.8) is 0 Å². The van der Waals surface area contributed by atoms with Gasteiger partial charge >= 0.3 is 5.69 Å². The molecule has 0 radical (unpaired) electrons. The largest absolute Gasteiger partial charge is 0.396 e.